The van der Waals surface area contributed by atoms with E-state index in [-0.39, 0.29) is 11.9 Å². The molecule has 4 rings (SSSR count). The Morgan fingerprint density at radius 1 is 1.23 bits per heavy atom. The van der Waals surface area contributed by atoms with E-state index in [1.54, 1.807) is 36.5 Å². The number of pyridine rings is 1. The SMILES string of the molecule is NC(=O)c1cccc(CNc2cc(N3CC(Oc4ccc(Cl)cc4F)C3)ccn2)c1. The van der Waals surface area contributed by atoms with Gasteiger partial charge in [0.2, 0.25) is 5.91 Å². The Labute approximate surface area is 178 Å². The number of benzene rings is 2. The summed E-state index contributed by atoms with van der Waals surface area (Å²) in [6, 6.07) is 15.4. The maximum absolute atomic E-state index is 13.9. The lowest BCUT2D eigenvalue weighted by Gasteiger charge is -2.40. The summed E-state index contributed by atoms with van der Waals surface area (Å²) in [5.41, 5.74) is 7.72. The Morgan fingerprint density at radius 3 is 2.83 bits per heavy atom. The Hall–Kier alpha value is -3.32. The third-order valence-electron chi connectivity index (χ3n) is 4.83. The van der Waals surface area contributed by atoms with Crippen molar-refractivity contribution < 1.29 is 13.9 Å². The molecule has 0 unspecified atom stereocenters. The fourth-order valence-electron chi connectivity index (χ4n) is 3.21. The maximum atomic E-state index is 13.9. The van der Waals surface area contributed by atoms with Gasteiger partial charge < -0.3 is 20.7 Å². The van der Waals surface area contributed by atoms with Crippen LogP contribution in [0.5, 0.6) is 5.75 Å². The van der Waals surface area contributed by atoms with Crippen molar-refractivity contribution in [2.45, 2.75) is 12.6 Å². The average molecular weight is 427 g/mol. The summed E-state index contributed by atoms with van der Waals surface area (Å²) in [4.78, 5) is 17.8. The van der Waals surface area contributed by atoms with Gasteiger partial charge in [-0.1, -0.05) is 23.7 Å². The number of amides is 1. The van der Waals surface area contributed by atoms with Crippen molar-refractivity contribution in [3.63, 3.8) is 0 Å². The molecule has 8 heteroatoms. The highest BCUT2D eigenvalue weighted by atomic mass is 35.5. The van der Waals surface area contributed by atoms with Crippen LogP contribution in [0.4, 0.5) is 15.9 Å². The van der Waals surface area contributed by atoms with Gasteiger partial charge in [0.05, 0.1) is 13.1 Å². The van der Waals surface area contributed by atoms with Crippen molar-refractivity contribution in [3.8, 4) is 5.75 Å². The minimum Gasteiger partial charge on any atom is -0.484 e. The molecule has 0 bridgehead atoms. The molecule has 2 aromatic carbocycles. The Bertz CT molecular complexity index is 1070. The second-order valence-electron chi connectivity index (χ2n) is 7.04. The molecule has 1 aliphatic rings. The molecule has 0 aliphatic carbocycles. The standard InChI is InChI=1S/C22H20ClFN4O2/c23-16-4-5-20(19(24)9-16)30-18-12-28(13-18)17-6-7-26-21(10-17)27-11-14-2-1-3-15(8-14)22(25)29/h1-10,18H,11-13H2,(H2,25,29)(H,26,27). The second-order valence-corrected chi connectivity index (χ2v) is 7.47. The normalized spacial score (nSPS) is 13.6. The van der Waals surface area contributed by atoms with Crippen LogP contribution < -0.4 is 20.7 Å². The summed E-state index contributed by atoms with van der Waals surface area (Å²) in [6.45, 7) is 1.80. The fourth-order valence-corrected chi connectivity index (χ4v) is 3.37. The highest BCUT2D eigenvalue weighted by Gasteiger charge is 2.29. The summed E-state index contributed by atoms with van der Waals surface area (Å²) >= 11 is 5.77. The van der Waals surface area contributed by atoms with Crippen molar-refractivity contribution in [1.82, 2.24) is 4.98 Å². The van der Waals surface area contributed by atoms with Gasteiger partial charge in [0.25, 0.3) is 0 Å². The summed E-state index contributed by atoms with van der Waals surface area (Å²) in [5.74, 6) is 0.00572. The zero-order valence-corrected chi connectivity index (χ0v) is 16.8. The number of carbonyl (C=O) groups excluding carboxylic acids is 1. The lowest BCUT2D eigenvalue weighted by Crippen LogP contribution is -2.54. The fraction of sp³-hybridized carbons (Fsp3) is 0.182. The lowest BCUT2D eigenvalue weighted by molar-refractivity contribution is 0.1000. The van der Waals surface area contributed by atoms with Crippen LogP contribution in [0.1, 0.15) is 15.9 Å². The zero-order chi connectivity index (χ0) is 21.1. The van der Waals surface area contributed by atoms with E-state index in [1.165, 1.54) is 6.07 Å². The van der Waals surface area contributed by atoms with E-state index in [9.17, 15) is 9.18 Å². The molecule has 30 heavy (non-hydrogen) atoms. The Morgan fingerprint density at radius 2 is 2.07 bits per heavy atom. The Kier molecular flexibility index (Phi) is 5.72. The largest absolute Gasteiger partial charge is 0.484 e. The molecule has 0 radical (unpaired) electrons. The van der Waals surface area contributed by atoms with Gasteiger partial charge in [0, 0.05) is 35.1 Å². The van der Waals surface area contributed by atoms with Gasteiger partial charge in [-0.25, -0.2) is 9.37 Å². The molecule has 2 heterocycles. The first-order chi connectivity index (χ1) is 14.5. The number of anilines is 2. The van der Waals surface area contributed by atoms with Crippen molar-refractivity contribution >= 4 is 29.0 Å². The zero-order valence-electron chi connectivity index (χ0n) is 16.0. The van der Waals surface area contributed by atoms with Crippen LogP contribution in [0.25, 0.3) is 0 Å². The van der Waals surface area contributed by atoms with Crippen LogP contribution in [-0.4, -0.2) is 30.1 Å². The molecule has 154 valence electrons. The molecule has 1 fully saturated rings. The minimum atomic E-state index is -0.461. The number of nitrogens with two attached hydrogens (primary N) is 1. The summed E-state index contributed by atoms with van der Waals surface area (Å²) in [6.07, 6.45) is 1.63. The number of primary amides is 1. The molecule has 1 aliphatic heterocycles. The van der Waals surface area contributed by atoms with E-state index in [0.29, 0.717) is 36.0 Å². The molecule has 0 atom stereocenters. The van der Waals surface area contributed by atoms with Crippen LogP contribution >= 0.6 is 11.6 Å². The molecule has 3 aromatic rings. The van der Waals surface area contributed by atoms with Crippen molar-refractivity contribution in [1.29, 1.82) is 0 Å². The smallest absolute Gasteiger partial charge is 0.248 e. The molecule has 1 saturated heterocycles. The molecule has 1 amide bonds. The first kappa shape index (κ1) is 20.0. The minimum absolute atomic E-state index is 0.0956. The molecule has 3 N–H and O–H groups in total. The molecule has 1 aromatic heterocycles. The quantitative estimate of drug-likeness (QED) is 0.599. The third kappa shape index (κ3) is 4.63. The van der Waals surface area contributed by atoms with E-state index in [2.05, 4.69) is 15.2 Å². The first-order valence-electron chi connectivity index (χ1n) is 9.43. The predicted molar refractivity (Wildman–Crippen MR) is 115 cm³/mol. The highest BCUT2D eigenvalue weighted by Crippen LogP contribution is 2.28. The highest BCUT2D eigenvalue weighted by molar-refractivity contribution is 6.30. The topological polar surface area (TPSA) is 80.5 Å². The van der Waals surface area contributed by atoms with Crippen molar-refractivity contribution in [2.24, 2.45) is 5.73 Å². The van der Waals surface area contributed by atoms with Crippen molar-refractivity contribution in [2.75, 3.05) is 23.3 Å². The van der Waals surface area contributed by atoms with Gasteiger partial charge >= 0.3 is 0 Å². The van der Waals surface area contributed by atoms with Gasteiger partial charge in [-0.15, -0.1) is 0 Å². The molecular formula is C22H20ClFN4O2. The number of hydrogen-bond acceptors (Lipinski definition) is 5. The first-order valence-corrected chi connectivity index (χ1v) is 9.81. The number of carbonyl (C=O) groups is 1. The van der Waals surface area contributed by atoms with E-state index >= 15 is 0 Å². The van der Waals surface area contributed by atoms with E-state index in [0.717, 1.165) is 11.3 Å². The summed E-state index contributed by atoms with van der Waals surface area (Å²) in [7, 11) is 0. The number of nitrogens with zero attached hydrogens (tertiary/aromatic N) is 2. The van der Waals surface area contributed by atoms with Gasteiger partial charge in [0.15, 0.2) is 11.6 Å². The number of hydrogen-bond donors (Lipinski definition) is 2. The summed E-state index contributed by atoms with van der Waals surface area (Å²) in [5, 5.41) is 3.59. The van der Waals surface area contributed by atoms with Gasteiger partial charge in [-0.3, -0.25) is 4.79 Å². The third-order valence-corrected chi connectivity index (χ3v) is 5.06. The summed E-state index contributed by atoms with van der Waals surface area (Å²) < 4.78 is 19.6. The maximum Gasteiger partial charge on any atom is 0.248 e. The monoisotopic (exact) mass is 426 g/mol. The van der Waals surface area contributed by atoms with E-state index < -0.39 is 11.7 Å². The number of nitrogens with one attached hydrogen (secondary N) is 1. The predicted octanol–water partition coefficient (Wildman–Crippen LogP) is 3.85. The Balaban J connectivity index is 1.33. The van der Waals surface area contributed by atoms with E-state index in [4.69, 9.17) is 22.1 Å². The number of aromatic nitrogens is 1. The van der Waals surface area contributed by atoms with Gasteiger partial charge in [0.1, 0.15) is 11.9 Å². The second kappa shape index (κ2) is 8.59. The van der Waals surface area contributed by atoms with E-state index in [1.807, 2.05) is 18.2 Å². The number of rotatable bonds is 7. The lowest BCUT2D eigenvalue weighted by atomic mass is 10.1. The number of halogens is 2. The van der Waals surface area contributed by atoms with Crippen LogP contribution in [0.3, 0.4) is 0 Å². The average Bonchev–Trinajstić information content (AvgIpc) is 2.70. The molecule has 0 spiro atoms. The van der Waals surface area contributed by atoms with Crippen LogP contribution in [0, 0.1) is 5.82 Å². The van der Waals surface area contributed by atoms with Gasteiger partial charge in [-0.05, 0) is 42.0 Å². The number of ether oxygens (including phenoxy) is 1. The van der Waals surface area contributed by atoms with Crippen LogP contribution in [0.15, 0.2) is 60.8 Å². The van der Waals surface area contributed by atoms with Crippen LogP contribution in [-0.2, 0) is 6.54 Å². The molecule has 0 saturated carbocycles. The van der Waals surface area contributed by atoms with Gasteiger partial charge in [-0.2, -0.15) is 0 Å². The molecular weight excluding hydrogens is 407 g/mol. The van der Waals surface area contributed by atoms with Crippen LogP contribution in [0.2, 0.25) is 5.02 Å². The molecule has 6 nitrogen and oxygen atoms in total. The van der Waals surface area contributed by atoms with Crippen molar-refractivity contribution in [3.05, 3.63) is 82.8 Å².